The van der Waals surface area contributed by atoms with Crippen molar-refractivity contribution in [3.05, 3.63) is 24.8 Å². The highest BCUT2D eigenvalue weighted by Gasteiger charge is 2.21. The first-order valence-corrected chi connectivity index (χ1v) is 3.52. The molecule has 1 atom stereocenters. The van der Waals surface area contributed by atoms with Crippen molar-refractivity contribution in [2.24, 2.45) is 5.41 Å². The van der Waals surface area contributed by atoms with E-state index in [9.17, 15) is 4.79 Å². The first-order valence-electron chi connectivity index (χ1n) is 3.52. The molecule has 0 aromatic rings. The van der Waals surface area contributed by atoms with Crippen molar-refractivity contribution < 1.29 is 4.79 Å². The molecular weight excluding hydrogens is 124 g/mol. The second kappa shape index (κ2) is 2.41. The molecule has 54 valence electrons. The fourth-order valence-corrected chi connectivity index (χ4v) is 1.01. The van der Waals surface area contributed by atoms with Crippen LogP contribution in [0.3, 0.4) is 0 Å². The Kier molecular flexibility index (Phi) is 1.75. The summed E-state index contributed by atoms with van der Waals surface area (Å²) in [4.78, 5) is 10.7. The molecule has 0 N–H and O–H groups in total. The number of allylic oxidation sites excluding steroid dienone is 3. The van der Waals surface area contributed by atoms with Gasteiger partial charge in [0.25, 0.3) is 0 Å². The maximum Gasteiger partial charge on any atom is 0.155 e. The largest absolute Gasteiger partial charge is 0.295 e. The predicted octanol–water partition coefficient (Wildman–Crippen LogP) is 2.10. The van der Waals surface area contributed by atoms with Crippen LogP contribution in [0, 0.1) is 5.41 Å². The second-order valence-electron chi connectivity index (χ2n) is 3.01. The summed E-state index contributed by atoms with van der Waals surface area (Å²) in [6, 6.07) is 0. The minimum absolute atomic E-state index is 0.0634. The molecule has 1 rings (SSSR count). The van der Waals surface area contributed by atoms with Gasteiger partial charge in [0, 0.05) is 11.8 Å². The molecular formula is C9H12O. The zero-order valence-electron chi connectivity index (χ0n) is 6.26. The van der Waals surface area contributed by atoms with Gasteiger partial charge >= 0.3 is 0 Å². The number of hydrogen-bond donors (Lipinski definition) is 0. The van der Waals surface area contributed by atoms with Crippen LogP contribution in [0.5, 0.6) is 0 Å². The predicted molar refractivity (Wildman–Crippen MR) is 41.7 cm³/mol. The zero-order valence-corrected chi connectivity index (χ0v) is 6.26. The Morgan fingerprint density at radius 3 is 2.90 bits per heavy atom. The molecule has 0 amide bonds. The van der Waals surface area contributed by atoms with E-state index >= 15 is 0 Å². The summed E-state index contributed by atoms with van der Waals surface area (Å²) >= 11 is 0. The molecule has 1 heteroatoms. The van der Waals surface area contributed by atoms with Gasteiger partial charge in [-0.3, -0.25) is 4.79 Å². The van der Waals surface area contributed by atoms with Gasteiger partial charge in [-0.15, -0.1) is 6.58 Å². The quantitative estimate of drug-likeness (QED) is 0.504. The minimum Gasteiger partial charge on any atom is -0.295 e. The van der Waals surface area contributed by atoms with Crippen LogP contribution in [0.4, 0.5) is 0 Å². The Balaban J connectivity index is 2.77. The maximum atomic E-state index is 10.7. The summed E-state index contributed by atoms with van der Waals surface area (Å²) < 4.78 is 0. The molecule has 0 bridgehead atoms. The lowest BCUT2D eigenvalue weighted by molar-refractivity contribution is -0.115. The fourth-order valence-electron chi connectivity index (χ4n) is 1.01. The summed E-state index contributed by atoms with van der Waals surface area (Å²) in [6.07, 6.45) is 7.07. The van der Waals surface area contributed by atoms with Crippen molar-refractivity contribution in [1.82, 2.24) is 0 Å². The molecule has 1 aliphatic carbocycles. The number of ketones is 1. The highest BCUT2D eigenvalue weighted by molar-refractivity contribution is 5.90. The average Bonchev–Trinajstić information content (AvgIpc) is 1.96. The van der Waals surface area contributed by atoms with Crippen LogP contribution < -0.4 is 0 Å². The summed E-state index contributed by atoms with van der Waals surface area (Å²) in [5.74, 6) is 0.235. The normalized spacial score (nSPS) is 32.3. The molecule has 0 unspecified atom stereocenters. The highest BCUT2D eigenvalue weighted by atomic mass is 16.1. The molecule has 0 fully saturated rings. The maximum absolute atomic E-state index is 10.7. The van der Waals surface area contributed by atoms with Gasteiger partial charge < -0.3 is 0 Å². The number of hydrogen-bond acceptors (Lipinski definition) is 1. The third kappa shape index (κ3) is 1.35. The number of carbonyl (C=O) groups excluding carboxylic acids is 1. The van der Waals surface area contributed by atoms with Gasteiger partial charge in [0.2, 0.25) is 0 Å². The first kappa shape index (κ1) is 7.26. The van der Waals surface area contributed by atoms with E-state index in [0.717, 1.165) is 6.42 Å². The van der Waals surface area contributed by atoms with E-state index in [2.05, 4.69) is 13.5 Å². The van der Waals surface area contributed by atoms with Crippen LogP contribution in [0.1, 0.15) is 19.8 Å². The molecule has 0 radical (unpaired) electrons. The lowest BCUT2D eigenvalue weighted by atomic mass is 9.81. The molecule has 0 aromatic carbocycles. The molecule has 1 aliphatic rings. The Hall–Kier alpha value is -0.850. The van der Waals surface area contributed by atoms with Crippen LogP contribution in [-0.2, 0) is 4.79 Å². The molecule has 0 spiro atoms. The Labute approximate surface area is 61.4 Å². The standard InChI is InChI=1S/C9H12O/c1-3-9(2)6-4-8(10)5-7-9/h3-4,6H,1,5,7H2,2H3/t9-/m0/s1. The van der Waals surface area contributed by atoms with Crippen molar-refractivity contribution in [3.63, 3.8) is 0 Å². The molecule has 0 heterocycles. The molecule has 0 aliphatic heterocycles. The monoisotopic (exact) mass is 136 g/mol. The SMILES string of the molecule is C=C[C@@]1(C)C=CC(=O)CC1. The molecule has 0 saturated carbocycles. The van der Waals surface area contributed by atoms with Crippen LogP contribution in [0.15, 0.2) is 24.8 Å². The number of rotatable bonds is 1. The van der Waals surface area contributed by atoms with Crippen molar-refractivity contribution in [3.8, 4) is 0 Å². The van der Waals surface area contributed by atoms with Crippen LogP contribution in [-0.4, -0.2) is 5.78 Å². The van der Waals surface area contributed by atoms with E-state index in [-0.39, 0.29) is 11.2 Å². The number of carbonyl (C=O) groups is 1. The van der Waals surface area contributed by atoms with E-state index in [0.29, 0.717) is 6.42 Å². The van der Waals surface area contributed by atoms with Crippen LogP contribution in [0.2, 0.25) is 0 Å². The Morgan fingerprint density at radius 2 is 2.50 bits per heavy atom. The van der Waals surface area contributed by atoms with Crippen LogP contribution >= 0.6 is 0 Å². The van der Waals surface area contributed by atoms with Gasteiger partial charge in [0.15, 0.2) is 5.78 Å². The third-order valence-electron chi connectivity index (χ3n) is 2.03. The minimum atomic E-state index is 0.0634. The van der Waals surface area contributed by atoms with Crippen molar-refractivity contribution in [2.75, 3.05) is 0 Å². The fraction of sp³-hybridized carbons (Fsp3) is 0.444. The first-order chi connectivity index (χ1) is 4.66. The van der Waals surface area contributed by atoms with Gasteiger partial charge in [0.05, 0.1) is 0 Å². The third-order valence-corrected chi connectivity index (χ3v) is 2.03. The molecule has 1 nitrogen and oxygen atoms in total. The van der Waals surface area contributed by atoms with Gasteiger partial charge in [-0.1, -0.05) is 19.1 Å². The highest BCUT2D eigenvalue weighted by Crippen LogP contribution is 2.29. The summed E-state index contributed by atoms with van der Waals surface area (Å²) in [6.45, 7) is 5.80. The van der Waals surface area contributed by atoms with Gasteiger partial charge in [-0.05, 0) is 12.5 Å². The zero-order chi connectivity index (χ0) is 7.61. The van der Waals surface area contributed by atoms with E-state index < -0.39 is 0 Å². The van der Waals surface area contributed by atoms with Crippen LogP contribution in [0.25, 0.3) is 0 Å². The van der Waals surface area contributed by atoms with Gasteiger partial charge in [-0.2, -0.15) is 0 Å². The average molecular weight is 136 g/mol. The lowest BCUT2D eigenvalue weighted by Gasteiger charge is -2.23. The Bertz CT molecular complexity index is 191. The summed E-state index contributed by atoms with van der Waals surface area (Å²) in [7, 11) is 0. The van der Waals surface area contributed by atoms with Crippen molar-refractivity contribution >= 4 is 5.78 Å². The van der Waals surface area contributed by atoms with E-state index in [4.69, 9.17) is 0 Å². The summed E-state index contributed by atoms with van der Waals surface area (Å²) in [5.41, 5.74) is 0.0634. The lowest BCUT2D eigenvalue weighted by Crippen LogP contribution is -2.16. The van der Waals surface area contributed by atoms with Crippen molar-refractivity contribution in [2.45, 2.75) is 19.8 Å². The van der Waals surface area contributed by atoms with E-state index in [1.165, 1.54) is 0 Å². The molecule has 0 saturated heterocycles. The Morgan fingerprint density at radius 1 is 1.80 bits per heavy atom. The molecule has 0 aromatic heterocycles. The van der Waals surface area contributed by atoms with E-state index in [1.807, 2.05) is 12.2 Å². The smallest absolute Gasteiger partial charge is 0.155 e. The molecule has 10 heavy (non-hydrogen) atoms. The van der Waals surface area contributed by atoms with Gasteiger partial charge in [0.1, 0.15) is 0 Å². The summed E-state index contributed by atoms with van der Waals surface area (Å²) in [5, 5.41) is 0. The van der Waals surface area contributed by atoms with Gasteiger partial charge in [-0.25, -0.2) is 0 Å². The van der Waals surface area contributed by atoms with Crippen molar-refractivity contribution in [1.29, 1.82) is 0 Å². The second-order valence-corrected chi connectivity index (χ2v) is 3.01. The van der Waals surface area contributed by atoms with E-state index in [1.54, 1.807) is 6.08 Å². The topological polar surface area (TPSA) is 17.1 Å².